The zero-order valence-corrected chi connectivity index (χ0v) is 14.7. The van der Waals surface area contributed by atoms with Gasteiger partial charge in [0.1, 0.15) is 11.9 Å². The highest BCUT2D eigenvalue weighted by Gasteiger charge is 2.27. The van der Waals surface area contributed by atoms with Crippen molar-refractivity contribution in [3.8, 4) is 5.88 Å². The van der Waals surface area contributed by atoms with Gasteiger partial charge in [-0.15, -0.1) is 0 Å². The van der Waals surface area contributed by atoms with Crippen molar-refractivity contribution in [3.05, 3.63) is 53.2 Å². The van der Waals surface area contributed by atoms with E-state index in [-0.39, 0.29) is 6.10 Å². The second kappa shape index (κ2) is 6.37. The van der Waals surface area contributed by atoms with Gasteiger partial charge in [0.05, 0.1) is 22.9 Å². The van der Waals surface area contributed by atoms with E-state index in [2.05, 4.69) is 31.9 Å². The quantitative estimate of drug-likeness (QED) is 0.730. The molecule has 0 fully saturated rings. The molecule has 128 valence electrons. The van der Waals surface area contributed by atoms with Gasteiger partial charge in [0.2, 0.25) is 5.88 Å². The lowest BCUT2D eigenvalue weighted by atomic mass is 10.1. The molecular formula is C19H21N5O. The lowest BCUT2D eigenvalue weighted by Crippen LogP contribution is -2.32. The molecule has 0 saturated heterocycles. The summed E-state index contributed by atoms with van der Waals surface area (Å²) in [4.78, 5) is 20.2. The van der Waals surface area contributed by atoms with Crippen LogP contribution in [0.4, 0.5) is 0 Å². The van der Waals surface area contributed by atoms with E-state index in [4.69, 9.17) is 4.74 Å². The zero-order chi connectivity index (χ0) is 17.4. The van der Waals surface area contributed by atoms with Gasteiger partial charge >= 0.3 is 0 Å². The second-order valence-corrected chi connectivity index (χ2v) is 6.63. The van der Waals surface area contributed by atoms with Gasteiger partial charge in [0, 0.05) is 30.8 Å². The predicted molar refractivity (Wildman–Crippen MR) is 95.5 cm³/mol. The highest BCUT2D eigenvalue weighted by Crippen LogP contribution is 2.28. The van der Waals surface area contributed by atoms with Crippen LogP contribution in [0.2, 0.25) is 0 Å². The summed E-state index contributed by atoms with van der Waals surface area (Å²) < 4.78 is 6.02. The Morgan fingerprint density at radius 3 is 2.76 bits per heavy atom. The third-order valence-corrected chi connectivity index (χ3v) is 4.44. The number of hydrogen-bond acceptors (Lipinski definition) is 6. The molecule has 0 radical (unpaired) electrons. The van der Waals surface area contributed by atoms with Crippen molar-refractivity contribution in [2.45, 2.75) is 32.9 Å². The SMILES string of the molecule is Cc1nc(C)c2c(n1)OC(CN(C)Cc1cnc3ccccc3n1)C2. The number of hydrogen-bond donors (Lipinski definition) is 0. The summed E-state index contributed by atoms with van der Waals surface area (Å²) in [6.07, 6.45) is 2.81. The van der Waals surface area contributed by atoms with E-state index in [0.29, 0.717) is 0 Å². The van der Waals surface area contributed by atoms with Gasteiger partial charge in [0.25, 0.3) is 0 Å². The molecule has 0 N–H and O–H groups in total. The van der Waals surface area contributed by atoms with Crippen LogP contribution in [-0.4, -0.2) is 44.5 Å². The van der Waals surface area contributed by atoms with E-state index in [0.717, 1.165) is 59.2 Å². The van der Waals surface area contributed by atoms with E-state index >= 15 is 0 Å². The summed E-state index contributed by atoms with van der Waals surface area (Å²) in [6.45, 7) is 5.46. The van der Waals surface area contributed by atoms with Gasteiger partial charge in [-0.3, -0.25) is 9.88 Å². The highest BCUT2D eigenvalue weighted by molar-refractivity contribution is 5.73. The third-order valence-electron chi connectivity index (χ3n) is 4.44. The van der Waals surface area contributed by atoms with Gasteiger partial charge in [0.15, 0.2) is 0 Å². The van der Waals surface area contributed by atoms with E-state index in [1.165, 1.54) is 0 Å². The Kier molecular flexibility index (Phi) is 4.05. The molecule has 0 spiro atoms. The fourth-order valence-electron chi connectivity index (χ4n) is 3.33. The molecule has 1 aromatic carbocycles. The van der Waals surface area contributed by atoms with Crippen molar-refractivity contribution >= 4 is 11.0 Å². The standard InChI is InChI=1S/C19H21N5O/c1-12-16-8-15(25-19(16)22-13(2)21-12)11-24(3)10-14-9-20-17-6-4-5-7-18(17)23-14/h4-7,9,15H,8,10-11H2,1-3H3. The van der Waals surface area contributed by atoms with Gasteiger partial charge in [-0.05, 0) is 33.0 Å². The molecule has 4 rings (SSSR count). The molecular weight excluding hydrogens is 314 g/mol. The summed E-state index contributed by atoms with van der Waals surface area (Å²) in [5.41, 5.74) is 4.97. The van der Waals surface area contributed by atoms with Gasteiger partial charge < -0.3 is 4.74 Å². The first kappa shape index (κ1) is 15.9. The van der Waals surface area contributed by atoms with Crippen LogP contribution in [0.5, 0.6) is 5.88 Å². The van der Waals surface area contributed by atoms with Gasteiger partial charge in [-0.2, -0.15) is 4.98 Å². The maximum absolute atomic E-state index is 6.02. The summed E-state index contributed by atoms with van der Waals surface area (Å²) in [5.74, 6) is 1.51. The van der Waals surface area contributed by atoms with Gasteiger partial charge in [-0.25, -0.2) is 9.97 Å². The van der Waals surface area contributed by atoms with Gasteiger partial charge in [-0.1, -0.05) is 12.1 Å². The number of ether oxygens (including phenoxy) is 1. The minimum absolute atomic E-state index is 0.100. The van der Waals surface area contributed by atoms with Crippen LogP contribution in [0.15, 0.2) is 30.5 Å². The first-order valence-electron chi connectivity index (χ1n) is 8.48. The lowest BCUT2D eigenvalue weighted by molar-refractivity contribution is 0.160. The van der Waals surface area contributed by atoms with Crippen LogP contribution in [0.1, 0.15) is 22.8 Å². The predicted octanol–water partition coefficient (Wildman–Crippen LogP) is 2.47. The normalized spacial score (nSPS) is 16.2. The number of para-hydroxylation sites is 2. The van der Waals surface area contributed by atoms with Crippen LogP contribution < -0.4 is 4.74 Å². The maximum Gasteiger partial charge on any atom is 0.220 e. The molecule has 3 heterocycles. The number of aryl methyl sites for hydroxylation is 2. The molecule has 1 unspecified atom stereocenters. The molecule has 0 amide bonds. The number of rotatable bonds is 4. The summed E-state index contributed by atoms with van der Waals surface area (Å²) in [5, 5.41) is 0. The fourth-order valence-corrected chi connectivity index (χ4v) is 3.33. The number of nitrogens with zero attached hydrogens (tertiary/aromatic N) is 5. The minimum atomic E-state index is 0.100. The monoisotopic (exact) mass is 335 g/mol. The Hall–Kier alpha value is -2.60. The van der Waals surface area contributed by atoms with Crippen molar-refractivity contribution in [3.63, 3.8) is 0 Å². The molecule has 2 aromatic heterocycles. The molecule has 1 aliphatic heterocycles. The van der Waals surface area contributed by atoms with Crippen molar-refractivity contribution in [2.24, 2.45) is 0 Å². The Morgan fingerprint density at radius 2 is 1.92 bits per heavy atom. The molecule has 1 atom stereocenters. The third kappa shape index (κ3) is 3.30. The van der Waals surface area contributed by atoms with Crippen molar-refractivity contribution in [1.29, 1.82) is 0 Å². The van der Waals surface area contributed by atoms with Crippen LogP contribution in [0, 0.1) is 13.8 Å². The first-order chi connectivity index (χ1) is 12.1. The molecule has 1 aliphatic rings. The number of likely N-dealkylation sites (N-methyl/N-ethyl adjacent to an activating group) is 1. The number of aromatic nitrogens is 4. The molecule has 0 saturated carbocycles. The lowest BCUT2D eigenvalue weighted by Gasteiger charge is -2.20. The average Bonchev–Trinajstić information content (AvgIpc) is 2.97. The number of benzene rings is 1. The Balaban J connectivity index is 1.42. The smallest absolute Gasteiger partial charge is 0.220 e. The minimum Gasteiger partial charge on any atom is -0.472 e. The van der Waals surface area contributed by atoms with Crippen LogP contribution >= 0.6 is 0 Å². The molecule has 6 heteroatoms. The zero-order valence-electron chi connectivity index (χ0n) is 14.7. The van der Waals surface area contributed by atoms with E-state index in [9.17, 15) is 0 Å². The van der Waals surface area contributed by atoms with Crippen molar-refractivity contribution < 1.29 is 4.74 Å². The largest absolute Gasteiger partial charge is 0.472 e. The Bertz CT molecular complexity index is 927. The maximum atomic E-state index is 6.02. The fraction of sp³-hybridized carbons (Fsp3) is 0.368. The highest BCUT2D eigenvalue weighted by atomic mass is 16.5. The van der Waals surface area contributed by atoms with Crippen molar-refractivity contribution in [2.75, 3.05) is 13.6 Å². The average molecular weight is 335 g/mol. The molecule has 3 aromatic rings. The summed E-state index contributed by atoms with van der Waals surface area (Å²) in [6, 6.07) is 7.93. The molecule has 6 nitrogen and oxygen atoms in total. The second-order valence-electron chi connectivity index (χ2n) is 6.63. The van der Waals surface area contributed by atoms with Crippen LogP contribution in [0.3, 0.4) is 0 Å². The van der Waals surface area contributed by atoms with Crippen molar-refractivity contribution in [1.82, 2.24) is 24.8 Å². The summed E-state index contributed by atoms with van der Waals surface area (Å²) >= 11 is 0. The van der Waals surface area contributed by atoms with E-state index in [1.54, 1.807) is 0 Å². The molecule has 25 heavy (non-hydrogen) atoms. The van der Waals surface area contributed by atoms with Crippen LogP contribution in [-0.2, 0) is 13.0 Å². The van der Waals surface area contributed by atoms with E-state index in [1.807, 2.05) is 44.3 Å². The Morgan fingerprint density at radius 1 is 1.12 bits per heavy atom. The molecule has 0 bridgehead atoms. The topological polar surface area (TPSA) is 64.0 Å². The van der Waals surface area contributed by atoms with E-state index < -0.39 is 0 Å². The number of fused-ring (bicyclic) bond motifs is 2. The Labute approximate surface area is 146 Å². The van der Waals surface area contributed by atoms with Crippen LogP contribution in [0.25, 0.3) is 11.0 Å². The first-order valence-corrected chi connectivity index (χ1v) is 8.48. The molecule has 0 aliphatic carbocycles. The summed E-state index contributed by atoms with van der Waals surface area (Å²) in [7, 11) is 2.08.